The van der Waals surface area contributed by atoms with Crippen LogP contribution in [0.3, 0.4) is 0 Å². The van der Waals surface area contributed by atoms with Gasteiger partial charge in [-0.05, 0) is 12.3 Å². The molecule has 1 aliphatic heterocycles. The number of carboxylic acids is 1. The van der Waals surface area contributed by atoms with Crippen LogP contribution in [-0.4, -0.2) is 29.1 Å². The summed E-state index contributed by atoms with van der Waals surface area (Å²) >= 11 is 0. The number of benzene rings is 1. The predicted molar refractivity (Wildman–Crippen MR) is 66.0 cm³/mol. The van der Waals surface area contributed by atoms with Gasteiger partial charge in [0.05, 0.1) is 4.92 Å². The van der Waals surface area contributed by atoms with E-state index in [0.717, 1.165) is 18.6 Å². The minimum atomic E-state index is -1.51. The number of nitrogens with zero attached hydrogens (tertiary/aromatic N) is 2. The van der Waals surface area contributed by atoms with Gasteiger partial charge >= 0.3 is 5.97 Å². The fraction of sp³-hybridized carbons (Fsp3) is 0.417. The van der Waals surface area contributed by atoms with E-state index < -0.39 is 22.3 Å². The van der Waals surface area contributed by atoms with Crippen LogP contribution in [0.15, 0.2) is 12.1 Å². The fourth-order valence-electron chi connectivity index (χ4n) is 2.27. The highest BCUT2D eigenvalue weighted by atomic mass is 19.1. The van der Waals surface area contributed by atoms with Crippen molar-refractivity contribution in [1.29, 1.82) is 0 Å². The first-order chi connectivity index (χ1) is 8.90. The molecular weight excluding hydrogens is 255 g/mol. The number of nitro groups is 1. The van der Waals surface area contributed by atoms with Crippen LogP contribution >= 0.6 is 0 Å². The minimum Gasteiger partial charge on any atom is -0.478 e. The highest BCUT2D eigenvalue weighted by molar-refractivity contribution is 5.90. The van der Waals surface area contributed by atoms with Crippen molar-refractivity contribution in [3.8, 4) is 0 Å². The number of carboxylic acid groups (broad SMARTS) is 1. The number of carbonyl (C=O) groups is 1. The molecule has 0 amide bonds. The zero-order valence-corrected chi connectivity index (χ0v) is 10.3. The maximum absolute atomic E-state index is 13.7. The summed E-state index contributed by atoms with van der Waals surface area (Å²) < 4.78 is 13.7. The molecular formula is C12H13FN2O4. The summed E-state index contributed by atoms with van der Waals surface area (Å²) in [6, 6.07) is 1.73. The van der Waals surface area contributed by atoms with Crippen LogP contribution in [0.2, 0.25) is 0 Å². The van der Waals surface area contributed by atoms with Crippen LogP contribution in [-0.2, 0) is 0 Å². The van der Waals surface area contributed by atoms with Crippen molar-refractivity contribution in [2.24, 2.45) is 5.92 Å². The summed E-state index contributed by atoms with van der Waals surface area (Å²) in [4.78, 5) is 22.9. The molecule has 1 unspecified atom stereocenters. The Kier molecular flexibility index (Phi) is 3.37. The lowest BCUT2D eigenvalue weighted by Crippen LogP contribution is -2.21. The molecule has 1 saturated heterocycles. The average Bonchev–Trinajstić information content (AvgIpc) is 2.74. The number of rotatable bonds is 3. The molecule has 102 valence electrons. The zero-order chi connectivity index (χ0) is 14.2. The van der Waals surface area contributed by atoms with Crippen molar-refractivity contribution in [3.63, 3.8) is 0 Å². The second kappa shape index (κ2) is 4.83. The molecule has 6 nitrogen and oxygen atoms in total. The standard InChI is InChI=1S/C12H13FN2O4/c1-7-2-3-14(6-7)10-5-9(13)8(12(16)17)4-11(10)15(18)19/h4-5,7H,2-3,6H2,1H3,(H,16,17). The van der Waals surface area contributed by atoms with Gasteiger partial charge in [0.15, 0.2) is 0 Å². The lowest BCUT2D eigenvalue weighted by molar-refractivity contribution is -0.384. The third-order valence-corrected chi connectivity index (χ3v) is 3.26. The Morgan fingerprint density at radius 3 is 2.74 bits per heavy atom. The van der Waals surface area contributed by atoms with E-state index in [-0.39, 0.29) is 11.4 Å². The Balaban J connectivity index is 2.51. The molecule has 7 heteroatoms. The van der Waals surface area contributed by atoms with Crippen molar-refractivity contribution >= 4 is 17.3 Å². The van der Waals surface area contributed by atoms with Crippen LogP contribution in [0.25, 0.3) is 0 Å². The van der Waals surface area contributed by atoms with Gasteiger partial charge in [-0.25, -0.2) is 9.18 Å². The van der Waals surface area contributed by atoms with E-state index in [1.165, 1.54) is 0 Å². The monoisotopic (exact) mass is 268 g/mol. The van der Waals surface area contributed by atoms with E-state index in [4.69, 9.17) is 5.11 Å². The molecule has 19 heavy (non-hydrogen) atoms. The number of anilines is 1. The van der Waals surface area contributed by atoms with Crippen molar-refractivity contribution in [2.75, 3.05) is 18.0 Å². The molecule has 1 heterocycles. The Bertz CT molecular complexity index is 547. The second-order valence-corrected chi connectivity index (χ2v) is 4.72. The molecule has 0 bridgehead atoms. The normalized spacial score (nSPS) is 18.6. The number of halogens is 1. The first-order valence-electron chi connectivity index (χ1n) is 5.86. The molecule has 0 radical (unpaired) electrons. The van der Waals surface area contributed by atoms with Crippen LogP contribution in [0.5, 0.6) is 0 Å². The molecule has 0 spiro atoms. The molecule has 2 rings (SSSR count). The van der Waals surface area contributed by atoms with Crippen molar-refractivity contribution in [3.05, 3.63) is 33.6 Å². The van der Waals surface area contributed by atoms with Gasteiger partial charge in [0.2, 0.25) is 0 Å². The Hall–Kier alpha value is -2.18. The maximum Gasteiger partial charge on any atom is 0.338 e. The molecule has 1 aromatic carbocycles. The van der Waals surface area contributed by atoms with E-state index in [1.54, 1.807) is 4.90 Å². The summed E-state index contributed by atoms with van der Waals surface area (Å²) in [5.74, 6) is -2.09. The van der Waals surface area contributed by atoms with Gasteiger partial charge < -0.3 is 10.0 Å². The van der Waals surface area contributed by atoms with Gasteiger partial charge in [0.1, 0.15) is 17.1 Å². The molecule has 1 N–H and O–H groups in total. The third kappa shape index (κ3) is 2.49. The zero-order valence-electron chi connectivity index (χ0n) is 10.3. The summed E-state index contributed by atoms with van der Waals surface area (Å²) in [6.07, 6.45) is 0.874. The SMILES string of the molecule is CC1CCN(c2cc(F)c(C(=O)O)cc2[N+](=O)[O-])C1. The first-order valence-corrected chi connectivity index (χ1v) is 5.86. The lowest BCUT2D eigenvalue weighted by Gasteiger charge is -2.18. The summed E-state index contributed by atoms with van der Waals surface area (Å²) in [5, 5.41) is 19.8. The molecule has 1 aliphatic rings. The van der Waals surface area contributed by atoms with Crippen LogP contribution in [0.4, 0.5) is 15.8 Å². The van der Waals surface area contributed by atoms with Gasteiger partial charge in [0.25, 0.3) is 5.69 Å². The van der Waals surface area contributed by atoms with Gasteiger partial charge in [0, 0.05) is 25.2 Å². The number of nitro benzene ring substituents is 1. The van der Waals surface area contributed by atoms with Crippen LogP contribution < -0.4 is 4.90 Å². The Morgan fingerprint density at radius 2 is 2.26 bits per heavy atom. The first kappa shape index (κ1) is 13.3. The van der Waals surface area contributed by atoms with Gasteiger partial charge in [-0.3, -0.25) is 10.1 Å². The summed E-state index contributed by atoms with van der Waals surface area (Å²) in [6.45, 7) is 3.22. The third-order valence-electron chi connectivity index (χ3n) is 3.26. The highest BCUT2D eigenvalue weighted by Gasteiger charge is 2.28. The maximum atomic E-state index is 13.7. The van der Waals surface area contributed by atoms with Crippen molar-refractivity contribution in [1.82, 2.24) is 0 Å². The van der Waals surface area contributed by atoms with Crippen LogP contribution in [0.1, 0.15) is 23.7 Å². The molecule has 1 fully saturated rings. The molecule has 1 aromatic rings. The summed E-state index contributed by atoms with van der Waals surface area (Å²) in [5.41, 5.74) is -0.896. The Morgan fingerprint density at radius 1 is 1.58 bits per heavy atom. The summed E-state index contributed by atoms with van der Waals surface area (Å²) in [7, 11) is 0. The van der Waals surface area contributed by atoms with Gasteiger partial charge in [-0.1, -0.05) is 6.92 Å². The molecule has 0 aromatic heterocycles. The van der Waals surface area contributed by atoms with E-state index in [1.807, 2.05) is 6.92 Å². The second-order valence-electron chi connectivity index (χ2n) is 4.72. The molecule has 1 atom stereocenters. The quantitative estimate of drug-likeness (QED) is 0.671. The number of hydrogen-bond acceptors (Lipinski definition) is 4. The lowest BCUT2D eigenvalue weighted by atomic mass is 10.1. The highest BCUT2D eigenvalue weighted by Crippen LogP contribution is 2.34. The number of hydrogen-bond donors (Lipinski definition) is 1. The Labute approximate surface area is 108 Å². The smallest absolute Gasteiger partial charge is 0.338 e. The van der Waals surface area contributed by atoms with E-state index in [9.17, 15) is 19.3 Å². The van der Waals surface area contributed by atoms with E-state index >= 15 is 0 Å². The molecule has 0 aliphatic carbocycles. The van der Waals surface area contributed by atoms with Crippen molar-refractivity contribution < 1.29 is 19.2 Å². The number of aromatic carboxylic acids is 1. The van der Waals surface area contributed by atoms with Gasteiger partial charge in [-0.2, -0.15) is 0 Å². The van der Waals surface area contributed by atoms with E-state index in [2.05, 4.69) is 0 Å². The topological polar surface area (TPSA) is 83.7 Å². The van der Waals surface area contributed by atoms with Crippen molar-refractivity contribution in [2.45, 2.75) is 13.3 Å². The minimum absolute atomic E-state index is 0.150. The van der Waals surface area contributed by atoms with Gasteiger partial charge in [-0.15, -0.1) is 0 Å². The predicted octanol–water partition coefficient (Wildman–Crippen LogP) is 2.28. The van der Waals surface area contributed by atoms with E-state index in [0.29, 0.717) is 19.0 Å². The molecule has 0 saturated carbocycles. The fourth-order valence-corrected chi connectivity index (χ4v) is 2.27. The average molecular weight is 268 g/mol. The van der Waals surface area contributed by atoms with Crippen LogP contribution in [0, 0.1) is 21.8 Å². The largest absolute Gasteiger partial charge is 0.478 e.